The topological polar surface area (TPSA) is 68.0 Å². The molecular weight excluding hydrogens is 318 g/mol. The SMILES string of the molecule is CC(Cc1nc2ccccc2s1)NC(=O)CC(N)c1ccccc1. The normalized spacial score (nSPS) is 13.6. The number of benzene rings is 2. The molecule has 3 N–H and O–H groups in total. The van der Waals surface area contributed by atoms with Gasteiger partial charge in [-0.05, 0) is 24.6 Å². The minimum atomic E-state index is -0.277. The van der Waals surface area contributed by atoms with Crippen LogP contribution in [0, 0.1) is 0 Å². The molecule has 0 aliphatic rings. The molecular formula is C19H21N3OS. The standard InChI is InChI=1S/C19H21N3OS/c1-13(11-19-22-16-9-5-6-10-17(16)24-19)21-18(23)12-15(20)14-7-3-2-4-8-14/h2-10,13,15H,11-12,20H2,1H3,(H,21,23). The van der Waals surface area contributed by atoms with Gasteiger partial charge in [-0.25, -0.2) is 4.98 Å². The van der Waals surface area contributed by atoms with Crippen LogP contribution in [0.5, 0.6) is 0 Å². The first-order valence-electron chi connectivity index (χ1n) is 8.06. The summed E-state index contributed by atoms with van der Waals surface area (Å²) in [5, 5.41) is 4.06. The zero-order valence-electron chi connectivity index (χ0n) is 13.6. The number of nitrogens with zero attached hydrogens (tertiary/aromatic N) is 1. The molecule has 1 heterocycles. The third-order valence-electron chi connectivity index (χ3n) is 3.86. The number of nitrogens with two attached hydrogens (primary N) is 1. The van der Waals surface area contributed by atoms with Crippen molar-refractivity contribution in [1.29, 1.82) is 0 Å². The van der Waals surface area contributed by atoms with E-state index < -0.39 is 0 Å². The Morgan fingerprint density at radius 1 is 1.17 bits per heavy atom. The summed E-state index contributed by atoms with van der Waals surface area (Å²) in [7, 11) is 0. The lowest BCUT2D eigenvalue weighted by Gasteiger charge is -2.15. The Morgan fingerprint density at radius 2 is 1.88 bits per heavy atom. The summed E-state index contributed by atoms with van der Waals surface area (Å²) >= 11 is 1.68. The number of hydrogen-bond donors (Lipinski definition) is 2. The lowest BCUT2D eigenvalue weighted by atomic mass is 10.0. The van der Waals surface area contributed by atoms with Crippen LogP contribution in [-0.2, 0) is 11.2 Å². The first-order valence-corrected chi connectivity index (χ1v) is 8.88. The second kappa shape index (κ2) is 7.55. The van der Waals surface area contributed by atoms with E-state index in [1.165, 1.54) is 4.70 Å². The largest absolute Gasteiger partial charge is 0.353 e. The highest BCUT2D eigenvalue weighted by atomic mass is 32.1. The summed E-state index contributed by atoms with van der Waals surface area (Å²) in [6, 6.07) is 17.5. The molecule has 2 aromatic carbocycles. The van der Waals surface area contributed by atoms with Crippen molar-refractivity contribution in [3.05, 3.63) is 65.2 Å². The van der Waals surface area contributed by atoms with Crippen molar-refractivity contribution in [2.75, 3.05) is 0 Å². The first-order chi connectivity index (χ1) is 11.6. The molecule has 124 valence electrons. The van der Waals surface area contributed by atoms with Gasteiger partial charge in [-0.3, -0.25) is 4.79 Å². The van der Waals surface area contributed by atoms with E-state index in [0.29, 0.717) is 0 Å². The third-order valence-corrected chi connectivity index (χ3v) is 4.92. The van der Waals surface area contributed by atoms with Gasteiger partial charge in [0.25, 0.3) is 0 Å². The quantitative estimate of drug-likeness (QED) is 0.723. The van der Waals surface area contributed by atoms with E-state index in [1.54, 1.807) is 11.3 Å². The molecule has 0 bridgehead atoms. The molecule has 2 atom stereocenters. The average Bonchev–Trinajstić information content (AvgIpc) is 2.97. The monoisotopic (exact) mass is 339 g/mol. The molecule has 0 saturated heterocycles. The summed E-state index contributed by atoms with van der Waals surface area (Å²) < 4.78 is 1.18. The highest BCUT2D eigenvalue weighted by molar-refractivity contribution is 7.18. The Bertz CT molecular complexity index is 783. The molecule has 0 spiro atoms. The van der Waals surface area contributed by atoms with Crippen LogP contribution >= 0.6 is 11.3 Å². The molecule has 0 saturated carbocycles. The molecule has 4 nitrogen and oxygen atoms in total. The van der Waals surface area contributed by atoms with Crippen LogP contribution in [-0.4, -0.2) is 16.9 Å². The van der Waals surface area contributed by atoms with E-state index in [9.17, 15) is 4.79 Å². The molecule has 1 aromatic heterocycles. The van der Waals surface area contributed by atoms with Crippen molar-refractivity contribution in [2.45, 2.75) is 31.8 Å². The van der Waals surface area contributed by atoms with Crippen molar-refractivity contribution < 1.29 is 4.79 Å². The van der Waals surface area contributed by atoms with Gasteiger partial charge in [-0.1, -0.05) is 42.5 Å². The highest BCUT2D eigenvalue weighted by Crippen LogP contribution is 2.22. The first kappa shape index (κ1) is 16.6. The van der Waals surface area contributed by atoms with Gasteiger partial charge in [0.1, 0.15) is 0 Å². The number of carbonyl (C=O) groups is 1. The second-order valence-electron chi connectivity index (χ2n) is 5.97. The van der Waals surface area contributed by atoms with Gasteiger partial charge in [0.2, 0.25) is 5.91 Å². The number of fused-ring (bicyclic) bond motifs is 1. The zero-order chi connectivity index (χ0) is 16.9. The van der Waals surface area contributed by atoms with E-state index in [0.717, 1.165) is 22.5 Å². The number of amides is 1. The van der Waals surface area contributed by atoms with Gasteiger partial charge in [-0.2, -0.15) is 0 Å². The summed E-state index contributed by atoms with van der Waals surface area (Å²) in [4.78, 5) is 16.8. The molecule has 0 radical (unpaired) electrons. The van der Waals surface area contributed by atoms with Gasteiger partial charge in [0.15, 0.2) is 0 Å². The Morgan fingerprint density at radius 3 is 2.62 bits per heavy atom. The Labute approximate surface area is 145 Å². The number of rotatable bonds is 6. The number of aromatic nitrogens is 1. The van der Waals surface area contributed by atoms with E-state index in [4.69, 9.17) is 5.73 Å². The molecule has 24 heavy (non-hydrogen) atoms. The molecule has 0 aliphatic carbocycles. The van der Waals surface area contributed by atoms with E-state index >= 15 is 0 Å². The molecule has 5 heteroatoms. The number of para-hydroxylation sites is 1. The van der Waals surface area contributed by atoms with Crippen LogP contribution < -0.4 is 11.1 Å². The third kappa shape index (κ3) is 4.19. The Kier molecular flexibility index (Phi) is 5.23. The van der Waals surface area contributed by atoms with Gasteiger partial charge in [0, 0.05) is 24.9 Å². The van der Waals surface area contributed by atoms with E-state index in [-0.39, 0.29) is 24.4 Å². The van der Waals surface area contributed by atoms with Crippen LogP contribution in [0.4, 0.5) is 0 Å². The number of carbonyl (C=O) groups excluding carboxylic acids is 1. The maximum Gasteiger partial charge on any atom is 0.222 e. The van der Waals surface area contributed by atoms with Crippen LogP contribution in [0.2, 0.25) is 0 Å². The fraction of sp³-hybridized carbons (Fsp3) is 0.263. The Balaban J connectivity index is 1.54. The van der Waals surface area contributed by atoms with Crippen LogP contribution in [0.15, 0.2) is 54.6 Å². The molecule has 1 amide bonds. The van der Waals surface area contributed by atoms with Crippen molar-refractivity contribution >= 4 is 27.5 Å². The minimum absolute atomic E-state index is 0.0278. The van der Waals surface area contributed by atoms with Gasteiger partial charge >= 0.3 is 0 Å². The molecule has 0 aliphatic heterocycles. The predicted octanol–water partition coefficient (Wildman–Crippen LogP) is 3.43. The fourth-order valence-electron chi connectivity index (χ4n) is 2.67. The maximum absolute atomic E-state index is 12.2. The smallest absolute Gasteiger partial charge is 0.222 e. The van der Waals surface area contributed by atoms with Crippen LogP contribution in [0.25, 0.3) is 10.2 Å². The van der Waals surface area contributed by atoms with Crippen molar-refractivity contribution in [3.8, 4) is 0 Å². The van der Waals surface area contributed by atoms with Crippen LogP contribution in [0.3, 0.4) is 0 Å². The van der Waals surface area contributed by atoms with E-state index in [1.807, 2.05) is 55.5 Å². The lowest BCUT2D eigenvalue weighted by molar-refractivity contribution is -0.122. The molecule has 0 fully saturated rings. The average molecular weight is 339 g/mol. The van der Waals surface area contributed by atoms with Gasteiger partial charge < -0.3 is 11.1 Å². The summed E-state index contributed by atoms with van der Waals surface area (Å²) in [6.07, 6.45) is 1.01. The molecule has 3 aromatic rings. The number of nitrogens with one attached hydrogen (secondary N) is 1. The number of hydrogen-bond acceptors (Lipinski definition) is 4. The minimum Gasteiger partial charge on any atom is -0.353 e. The predicted molar refractivity (Wildman–Crippen MR) is 98.9 cm³/mol. The van der Waals surface area contributed by atoms with Crippen LogP contribution in [0.1, 0.15) is 30.0 Å². The number of thiazole rings is 1. The molecule has 3 rings (SSSR count). The summed E-state index contributed by atoms with van der Waals surface area (Å²) in [6.45, 7) is 2.00. The van der Waals surface area contributed by atoms with Gasteiger partial charge in [0.05, 0.1) is 15.2 Å². The summed E-state index contributed by atoms with van der Waals surface area (Å²) in [5.41, 5.74) is 8.10. The van der Waals surface area contributed by atoms with Crippen molar-refractivity contribution in [2.24, 2.45) is 5.73 Å². The fourth-order valence-corrected chi connectivity index (χ4v) is 3.77. The second-order valence-corrected chi connectivity index (χ2v) is 7.08. The van der Waals surface area contributed by atoms with Gasteiger partial charge in [-0.15, -0.1) is 11.3 Å². The highest BCUT2D eigenvalue weighted by Gasteiger charge is 2.15. The zero-order valence-corrected chi connectivity index (χ0v) is 14.4. The Hall–Kier alpha value is -2.24. The van der Waals surface area contributed by atoms with E-state index in [2.05, 4.69) is 16.4 Å². The summed E-state index contributed by atoms with van der Waals surface area (Å²) in [5.74, 6) is -0.0278. The van der Waals surface area contributed by atoms with Crippen molar-refractivity contribution in [3.63, 3.8) is 0 Å². The lowest BCUT2D eigenvalue weighted by Crippen LogP contribution is -2.35. The molecule has 2 unspecified atom stereocenters. The van der Waals surface area contributed by atoms with Crippen molar-refractivity contribution in [1.82, 2.24) is 10.3 Å². The maximum atomic E-state index is 12.2.